The van der Waals surface area contributed by atoms with Gasteiger partial charge in [-0.25, -0.2) is 4.57 Å². The summed E-state index contributed by atoms with van der Waals surface area (Å²) in [4.78, 5) is 22.3. The molecule has 0 aromatic heterocycles. The Hall–Kier alpha value is -1.06. The molecule has 9 nitrogen and oxygen atoms in total. The number of carbonyl (C=O) groups excluding carboxylic acids is 1. The monoisotopic (exact) mass is 634 g/mol. The average molecular weight is 635 g/mol. The molecule has 254 valence electrons. The van der Waals surface area contributed by atoms with Gasteiger partial charge in [0.2, 0.25) is 0 Å². The first-order chi connectivity index (χ1) is 20.8. The van der Waals surface area contributed by atoms with Gasteiger partial charge in [0.15, 0.2) is 0 Å². The van der Waals surface area contributed by atoms with E-state index in [4.69, 9.17) is 19.1 Å². The van der Waals surface area contributed by atoms with Crippen molar-refractivity contribution in [3.63, 3.8) is 0 Å². The van der Waals surface area contributed by atoms with E-state index >= 15 is 0 Å². The third-order valence-electron chi connectivity index (χ3n) is 6.89. The number of allylic oxidation sites excluding steroid dienone is 4. The van der Waals surface area contributed by atoms with Crippen molar-refractivity contribution in [2.75, 3.05) is 33.0 Å². The quantitative estimate of drug-likeness (QED) is 0.0292. The van der Waals surface area contributed by atoms with E-state index in [9.17, 15) is 19.4 Å². The standard InChI is InChI=1S/C33H63O9P/c1-3-5-7-9-11-13-14-15-16-17-18-19-21-23-25-33(36)42-32(30-41-43(37,38)40-28-31(35)27-34)29-39-26-24-22-20-12-10-8-6-4-2/h9,11,14-15,31-32,34-35H,3-8,10,12-13,16-30H2,1-2H3,(H,37,38)/b11-9-,15-14-. The van der Waals surface area contributed by atoms with Crippen LogP contribution in [0.15, 0.2) is 24.3 Å². The Kier molecular flexibility index (Phi) is 30.2. The second-order valence-electron chi connectivity index (χ2n) is 11.2. The summed E-state index contributed by atoms with van der Waals surface area (Å²) in [6.45, 7) is 3.41. The van der Waals surface area contributed by atoms with Crippen molar-refractivity contribution in [3.8, 4) is 0 Å². The Labute approximate surface area is 262 Å². The molecule has 0 bridgehead atoms. The predicted molar refractivity (Wildman–Crippen MR) is 173 cm³/mol. The SMILES string of the molecule is CCCC/C=C\C/C=C\CCCCCCCC(=O)OC(COCCCCCCCCCC)COP(=O)(O)OCC(O)CO. The number of phosphoric acid groups is 1. The molecule has 0 aliphatic heterocycles. The van der Waals surface area contributed by atoms with Crippen molar-refractivity contribution in [2.24, 2.45) is 0 Å². The van der Waals surface area contributed by atoms with Crippen molar-refractivity contribution in [2.45, 2.75) is 148 Å². The van der Waals surface area contributed by atoms with E-state index in [1.165, 1.54) is 44.9 Å². The molecule has 0 aromatic rings. The Balaban J connectivity index is 4.29. The van der Waals surface area contributed by atoms with Crippen molar-refractivity contribution in [1.82, 2.24) is 0 Å². The Morgan fingerprint density at radius 3 is 1.93 bits per heavy atom. The number of hydrogen-bond acceptors (Lipinski definition) is 8. The van der Waals surface area contributed by atoms with Crippen LogP contribution >= 0.6 is 7.82 Å². The van der Waals surface area contributed by atoms with Gasteiger partial charge in [0.25, 0.3) is 0 Å². The lowest BCUT2D eigenvalue weighted by Gasteiger charge is -2.20. The molecule has 3 N–H and O–H groups in total. The van der Waals surface area contributed by atoms with Crippen LogP contribution in [0.4, 0.5) is 0 Å². The van der Waals surface area contributed by atoms with E-state index in [0.29, 0.717) is 13.0 Å². The van der Waals surface area contributed by atoms with Crippen LogP contribution < -0.4 is 0 Å². The highest BCUT2D eigenvalue weighted by Gasteiger charge is 2.26. The van der Waals surface area contributed by atoms with E-state index in [1.807, 2.05) is 0 Å². The lowest BCUT2D eigenvalue weighted by atomic mass is 10.1. The molecule has 0 heterocycles. The largest absolute Gasteiger partial charge is 0.472 e. The van der Waals surface area contributed by atoms with Gasteiger partial charge >= 0.3 is 13.8 Å². The first-order valence-electron chi connectivity index (χ1n) is 16.8. The van der Waals surface area contributed by atoms with Gasteiger partial charge < -0.3 is 24.6 Å². The van der Waals surface area contributed by atoms with Crippen LogP contribution in [0.5, 0.6) is 0 Å². The number of unbranched alkanes of at least 4 members (excludes halogenated alkanes) is 14. The molecular formula is C33H63O9P. The van der Waals surface area contributed by atoms with Gasteiger partial charge in [-0.05, 0) is 38.5 Å². The average Bonchev–Trinajstić information content (AvgIpc) is 2.99. The number of phosphoric ester groups is 1. The molecular weight excluding hydrogens is 571 g/mol. The van der Waals surface area contributed by atoms with Gasteiger partial charge in [-0.1, -0.05) is 115 Å². The van der Waals surface area contributed by atoms with Gasteiger partial charge in [-0.3, -0.25) is 13.8 Å². The first kappa shape index (κ1) is 41.9. The summed E-state index contributed by atoms with van der Waals surface area (Å²) >= 11 is 0. The summed E-state index contributed by atoms with van der Waals surface area (Å²) < 4.78 is 33.0. The summed E-state index contributed by atoms with van der Waals surface area (Å²) in [5.74, 6) is -0.399. The lowest BCUT2D eigenvalue weighted by Crippen LogP contribution is -2.29. The minimum Gasteiger partial charge on any atom is -0.457 e. The molecule has 0 fully saturated rings. The number of aliphatic hydroxyl groups excluding tert-OH is 2. The number of esters is 1. The molecule has 43 heavy (non-hydrogen) atoms. The van der Waals surface area contributed by atoms with Crippen LogP contribution in [-0.2, 0) is 27.9 Å². The number of rotatable bonds is 32. The molecule has 0 saturated carbocycles. The lowest BCUT2D eigenvalue weighted by molar-refractivity contribution is -0.154. The predicted octanol–water partition coefficient (Wildman–Crippen LogP) is 7.97. The van der Waals surface area contributed by atoms with Crippen molar-refractivity contribution >= 4 is 13.8 Å². The normalized spacial score (nSPS) is 14.8. The van der Waals surface area contributed by atoms with Gasteiger partial charge in [0, 0.05) is 13.0 Å². The fraction of sp³-hybridized carbons (Fsp3) is 0.848. The molecule has 0 aliphatic carbocycles. The minimum absolute atomic E-state index is 0.0452. The van der Waals surface area contributed by atoms with Crippen LogP contribution in [-0.4, -0.2) is 66.3 Å². The number of hydrogen-bond donors (Lipinski definition) is 3. The van der Waals surface area contributed by atoms with Crippen LogP contribution in [0.3, 0.4) is 0 Å². The zero-order valence-electron chi connectivity index (χ0n) is 27.2. The highest BCUT2D eigenvalue weighted by atomic mass is 31.2. The Morgan fingerprint density at radius 2 is 1.28 bits per heavy atom. The number of carbonyl (C=O) groups is 1. The van der Waals surface area contributed by atoms with Gasteiger partial charge in [0.1, 0.15) is 12.2 Å². The zero-order chi connectivity index (χ0) is 31.9. The van der Waals surface area contributed by atoms with E-state index in [1.54, 1.807) is 0 Å². The summed E-state index contributed by atoms with van der Waals surface area (Å²) in [7, 11) is -4.50. The molecule has 3 atom stereocenters. The van der Waals surface area contributed by atoms with Crippen molar-refractivity contribution < 1.29 is 43.0 Å². The van der Waals surface area contributed by atoms with Crippen molar-refractivity contribution in [1.29, 1.82) is 0 Å². The van der Waals surface area contributed by atoms with Crippen LogP contribution in [0.1, 0.15) is 136 Å². The maximum Gasteiger partial charge on any atom is 0.472 e. The van der Waals surface area contributed by atoms with E-state index in [0.717, 1.165) is 64.2 Å². The molecule has 0 aliphatic rings. The van der Waals surface area contributed by atoms with E-state index in [2.05, 4.69) is 42.7 Å². The molecule has 0 rings (SSSR count). The van der Waals surface area contributed by atoms with Crippen molar-refractivity contribution in [3.05, 3.63) is 24.3 Å². The van der Waals surface area contributed by atoms with Gasteiger partial charge in [-0.2, -0.15) is 0 Å². The summed E-state index contributed by atoms with van der Waals surface area (Å²) in [5.41, 5.74) is 0. The maximum atomic E-state index is 12.5. The van der Waals surface area contributed by atoms with E-state index in [-0.39, 0.29) is 19.6 Å². The highest BCUT2D eigenvalue weighted by molar-refractivity contribution is 7.47. The maximum absolute atomic E-state index is 12.5. The van der Waals surface area contributed by atoms with Gasteiger partial charge in [-0.15, -0.1) is 0 Å². The molecule has 0 radical (unpaired) electrons. The number of aliphatic hydroxyl groups is 2. The smallest absolute Gasteiger partial charge is 0.457 e. The molecule has 3 unspecified atom stereocenters. The van der Waals surface area contributed by atoms with Crippen LogP contribution in [0.2, 0.25) is 0 Å². The first-order valence-corrected chi connectivity index (χ1v) is 18.3. The topological polar surface area (TPSA) is 132 Å². The molecule has 0 saturated heterocycles. The molecule has 0 spiro atoms. The summed E-state index contributed by atoms with van der Waals surface area (Å²) in [6.07, 6.45) is 27.1. The molecule has 0 aromatic carbocycles. The summed E-state index contributed by atoms with van der Waals surface area (Å²) in [6, 6.07) is 0. The zero-order valence-corrected chi connectivity index (χ0v) is 28.1. The highest BCUT2D eigenvalue weighted by Crippen LogP contribution is 2.43. The summed E-state index contributed by atoms with van der Waals surface area (Å²) in [5, 5.41) is 18.2. The Morgan fingerprint density at radius 1 is 0.721 bits per heavy atom. The third kappa shape index (κ3) is 30.7. The van der Waals surface area contributed by atoms with Gasteiger partial charge in [0.05, 0.1) is 26.4 Å². The molecule has 10 heteroatoms. The molecule has 0 amide bonds. The number of ether oxygens (including phenoxy) is 2. The van der Waals surface area contributed by atoms with Crippen LogP contribution in [0.25, 0.3) is 0 Å². The third-order valence-corrected chi connectivity index (χ3v) is 7.84. The fourth-order valence-electron chi connectivity index (χ4n) is 4.25. The van der Waals surface area contributed by atoms with E-state index < -0.39 is 39.2 Å². The minimum atomic E-state index is -4.50. The van der Waals surface area contributed by atoms with Crippen LogP contribution in [0, 0.1) is 0 Å². The fourth-order valence-corrected chi connectivity index (χ4v) is 5.04. The second-order valence-corrected chi connectivity index (χ2v) is 12.6. The second kappa shape index (κ2) is 30.9. The Bertz CT molecular complexity index is 729.